The molecule has 0 spiro atoms. The number of methoxy groups -OCH3 is 1. The minimum atomic E-state index is -0.190. The van der Waals surface area contributed by atoms with Gasteiger partial charge >= 0.3 is 0 Å². The molecule has 43 heavy (non-hydrogen) atoms. The van der Waals surface area contributed by atoms with Crippen molar-refractivity contribution in [2.24, 2.45) is 0 Å². The number of carbonyl (C=O) groups is 1. The van der Waals surface area contributed by atoms with Crippen LogP contribution in [0.1, 0.15) is 39.8 Å². The predicted octanol–water partition coefficient (Wildman–Crippen LogP) is 5.75. The summed E-state index contributed by atoms with van der Waals surface area (Å²) in [5, 5.41) is 0. The number of hydrogen-bond donors (Lipinski definition) is 0. The molecule has 1 atom stereocenters. The molecule has 7 nitrogen and oxygen atoms in total. The van der Waals surface area contributed by atoms with Crippen LogP contribution in [0.15, 0.2) is 85.1 Å². The van der Waals surface area contributed by atoms with Gasteiger partial charge in [0.15, 0.2) is 0 Å². The Balaban J connectivity index is 1.35. The molecule has 0 aliphatic carbocycles. The van der Waals surface area contributed by atoms with Gasteiger partial charge in [0.25, 0.3) is 5.91 Å². The van der Waals surface area contributed by atoms with Crippen molar-refractivity contribution in [3.05, 3.63) is 107 Å². The van der Waals surface area contributed by atoms with E-state index in [9.17, 15) is 4.79 Å². The fraction of sp³-hybridized carbons (Fsp3) is 0.361. The van der Waals surface area contributed by atoms with Gasteiger partial charge in [-0.15, -0.1) is 0 Å². The Morgan fingerprint density at radius 1 is 0.907 bits per heavy atom. The summed E-state index contributed by atoms with van der Waals surface area (Å²) in [5.41, 5.74) is 7.14. The topological polar surface area (TPSA) is 44.2 Å². The Hall–Kier alpha value is -3.91. The standard InChI is InChI=1S/C36H43N5O2/c1-27-25-28(16-17-30(27)31-12-6-8-15-34(31)43-4)36(42)41-32-13-7-5-11-29(32)26-40-20-9-14-33(40)35(41)39-23-21-38(22-24-39)19-10-18-37(2)3/h5-9,11-17,20,25,35H,10,18-19,21-24,26H2,1-4H3. The Morgan fingerprint density at radius 3 is 2.44 bits per heavy atom. The van der Waals surface area contributed by atoms with Crippen LogP contribution in [0.5, 0.6) is 5.75 Å². The second-order valence-corrected chi connectivity index (χ2v) is 12.0. The molecule has 3 heterocycles. The lowest BCUT2D eigenvalue weighted by atomic mass is 9.97. The Bertz CT molecular complexity index is 1570. The molecule has 1 amide bonds. The molecule has 2 aliphatic rings. The lowest BCUT2D eigenvalue weighted by molar-refractivity contribution is 0.0757. The molecule has 1 unspecified atom stereocenters. The maximum absolute atomic E-state index is 14.7. The minimum absolute atomic E-state index is 0.0233. The first-order chi connectivity index (χ1) is 20.9. The summed E-state index contributed by atoms with van der Waals surface area (Å²) in [4.78, 5) is 24.1. The average molecular weight is 578 g/mol. The van der Waals surface area contributed by atoms with E-state index in [2.05, 4.69) is 99.9 Å². The minimum Gasteiger partial charge on any atom is -0.496 e. The molecular weight excluding hydrogens is 534 g/mol. The third kappa shape index (κ3) is 5.98. The first-order valence-corrected chi connectivity index (χ1v) is 15.4. The van der Waals surface area contributed by atoms with Gasteiger partial charge in [0.2, 0.25) is 0 Å². The van der Waals surface area contributed by atoms with Crippen LogP contribution in [0, 0.1) is 6.92 Å². The summed E-state index contributed by atoms with van der Waals surface area (Å²) < 4.78 is 7.95. The zero-order valence-electron chi connectivity index (χ0n) is 25.9. The second-order valence-electron chi connectivity index (χ2n) is 12.0. The van der Waals surface area contributed by atoms with Gasteiger partial charge in [-0.05, 0) is 93.6 Å². The van der Waals surface area contributed by atoms with Crippen LogP contribution in [0.2, 0.25) is 0 Å². The highest BCUT2D eigenvalue weighted by molar-refractivity contribution is 6.07. The largest absolute Gasteiger partial charge is 0.496 e. The number of hydrogen-bond acceptors (Lipinski definition) is 5. The maximum atomic E-state index is 14.7. The van der Waals surface area contributed by atoms with E-state index in [-0.39, 0.29) is 12.1 Å². The van der Waals surface area contributed by atoms with E-state index in [1.54, 1.807) is 7.11 Å². The Kier molecular flexibility index (Phi) is 8.66. The van der Waals surface area contributed by atoms with Gasteiger partial charge in [-0.2, -0.15) is 0 Å². The number of benzene rings is 3. The SMILES string of the molecule is COc1ccccc1-c1ccc(C(=O)N2c3ccccc3Cn3cccc3C2N2CCN(CCCN(C)C)CC2)cc1C. The van der Waals surface area contributed by atoms with Crippen molar-refractivity contribution < 1.29 is 9.53 Å². The zero-order valence-corrected chi connectivity index (χ0v) is 25.9. The third-order valence-electron chi connectivity index (χ3n) is 8.89. The summed E-state index contributed by atoms with van der Waals surface area (Å²) in [5.74, 6) is 0.850. The van der Waals surface area contributed by atoms with Crippen molar-refractivity contribution in [1.82, 2.24) is 19.3 Å². The van der Waals surface area contributed by atoms with E-state index in [1.807, 2.05) is 30.3 Å². The van der Waals surface area contributed by atoms with Gasteiger partial charge in [0, 0.05) is 50.0 Å². The number of aromatic nitrogens is 1. The number of amides is 1. The number of fused-ring (bicyclic) bond motifs is 2. The van der Waals surface area contributed by atoms with Crippen LogP contribution < -0.4 is 9.64 Å². The third-order valence-corrected chi connectivity index (χ3v) is 8.89. The van der Waals surface area contributed by atoms with Crippen molar-refractivity contribution in [3.63, 3.8) is 0 Å². The molecule has 1 aromatic heterocycles. The smallest absolute Gasteiger partial charge is 0.259 e. The number of aryl methyl sites for hydroxylation is 1. The molecule has 0 bridgehead atoms. The summed E-state index contributed by atoms with van der Waals surface area (Å²) >= 11 is 0. The van der Waals surface area contributed by atoms with Gasteiger partial charge in [-0.25, -0.2) is 0 Å². The number of para-hydroxylation sites is 2. The Morgan fingerprint density at radius 2 is 1.67 bits per heavy atom. The van der Waals surface area contributed by atoms with Gasteiger partial charge in [-0.1, -0.05) is 42.5 Å². The molecular formula is C36H43N5O2. The van der Waals surface area contributed by atoms with E-state index in [0.29, 0.717) is 5.56 Å². The molecule has 1 fully saturated rings. The second kappa shape index (κ2) is 12.8. The fourth-order valence-corrected chi connectivity index (χ4v) is 6.65. The number of piperazine rings is 1. The maximum Gasteiger partial charge on any atom is 0.259 e. The van der Waals surface area contributed by atoms with Gasteiger partial charge in [0.1, 0.15) is 11.9 Å². The van der Waals surface area contributed by atoms with Gasteiger partial charge in [-0.3, -0.25) is 14.6 Å². The van der Waals surface area contributed by atoms with Crippen LogP contribution in [-0.4, -0.2) is 85.6 Å². The molecule has 4 aromatic rings. The van der Waals surface area contributed by atoms with E-state index >= 15 is 0 Å². The van der Waals surface area contributed by atoms with Crippen molar-refractivity contribution in [1.29, 1.82) is 0 Å². The van der Waals surface area contributed by atoms with E-state index in [4.69, 9.17) is 4.74 Å². The van der Waals surface area contributed by atoms with Crippen LogP contribution in [0.3, 0.4) is 0 Å². The van der Waals surface area contributed by atoms with Crippen molar-refractivity contribution >= 4 is 11.6 Å². The monoisotopic (exact) mass is 577 g/mol. The summed E-state index contributed by atoms with van der Waals surface area (Å²) in [7, 11) is 5.97. The predicted molar refractivity (Wildman–Crippen MR) is 174 cm³/mol. The first-order valence-electron chi connectivity index (χ1n) is 15.4. The molecule has 2 aliphatic heterocycles. The van der Waals surface area contributed by atoms with E-state index in [1.165, 1.54) is 6.42 Å². The first kappa shape index (κ1) is 29.2. The molecule has 0 N–H and O–H groups in total. The fourth-order valence-electron chi connectivity index (χ4n) is 6.65. The quantitative estimate of drug-likeness (QED) is 0.267. The highest BCUT2D eigenvalue weighted by Crippen LogP contribution is 2.39. The number of nitrogens with zero attached hydrogens (tertiary/aromatic N) is 5. The number of ether oxygens (including phenoxy) is 1. The number of carbonyl (C=O) groups excluding carboxylic acids is 1. The molecule has 224 valence electrons. The van der Waals surface area contributed by atoms with Crippen molar-refractivity contribution in [2.75, 3.05) is 65.4 Å². The summed E-state index contributed by atoms with van der Waals surface area (Å²) in [6.45, 7) is 8.86. The van der Waals surface area contributed by atoms with Gasteiger partial charge in [0.05, 0.1) is 18.5 Å². The highest BCUT2D eigenvalue weighted by Gasteiger charge is 2.38. The van der Waals surface area contributed by atoms with Gasteiger partial charge < -0.3 is 19.1 Å². The summed E-state index contributed by atoms with van der Waals surface area (Å²) in [6, 6.07) is 26.8. The molecule has 0 saturated carbocycles. The molecule has 0 radical (unpaired) electrons. The average Bonchev–Trinajstić information content (AvgIpc) is 3.42. The van der Waals surface area contributed by atoms with Crippen LogP contribution >= 0.6 is 0 Å². The number of anilines is 1. The van der Waals surface area contributed by atoms with E-state index in [0.717, 1.165) is 85.2 Å². The lowest BCUT2D eigenvalue weighted by Crippen LogP contribution is -2.53. The van der Waals surface area contributed by atoms with Crippen LogP contribution in [0.25, 0.3) is 11.1 Å². The van der Waals surface area contributed by atoms with Crippen molar-refractivity contribution in [3.8, 4) is 16.9 Å². The highest BCUT2D eigenvalue weighted by atomic mass is 16.5. The van der Waals surface area contributed by atoms with Crippen molar-refractivity contribution in [2.45, 2.75) is 26.1 Å². The zero-order chi connectivity index (χ0) is 29.9. The summed E-state index contributed by atoms with van der Waals surface area (Å²) in [6.07, 6.45) is 3.13. The normalized spacial score (nSPS) is 17.4. The Labute approximate surface area is 255 Å². The number of rotatable bonds is 8. The molecule has 1 saturated heterocycles. The molecule has 7 heteroatoms. The van der Waals surface area contributed by atoms with Crippen LogP contribution in [-0.2, 0) is 6.54 Å². The van der Waals surface area contributed by atoms with E-state index < -0.39 is 0 Å². The lowest BCUT2D eigenvalue weighted by Gasteiger charge is -2.43. The molecule has 3 aromatic carbocycles. The molecule has 6 rings (SSSR count). The van der Waals surface area contributed by atoms with Crippen LogP contribution in [0.4, 0.5) is 5.69 Å².